The molecule has 1 heterocycles. The van der Waals surface area contributed by atoms with E-state index in [1.807, 2.05) is 14.7 Å². The van der Waals surface area contributed by atoms with Gasteiger partial charge in [-0.3, -0.25) is 38.8 Å². The molecule has 11 heteroatoms. The number of ketones is 1. The van der Waals surface area contributed by atoms with E-state index in [0.29, 0.717) is 52.4 Å². The van der Waals surface area contributed by atoms with Gasteiger partial charge in [-0.25, -0.2) is 0 Å². The summed E-state index contributed by atoms with van der Waals surface area (Å²) >= 11 is 0. The summed E-state index contributed by atoms with van der Waals surface area (Å²) in [6.07, 6.45) is 0. The molecular weight excluding hydrogens is 396 g/mol. The SMILES string of the molecule is COC(=O)CN1CCN(CC(C)=O)CCN(CC(=O)O)CCN(CC(=O)OC)CC1. The van der Waals surface area contributed by atoms with Crippen LogP contribution in [-0.2, 0) is 28.7 Å². The number of carboxylic acids is 1. The Bertz CT molecular complexity index is 537. The maximum absolute atomic E-state index is 11.8. The van der Waals surface area contributed by atoms with Crippen LogP contribution in [0.2, 0.25) is 0 Å². The molecule has 0 aromatic heterocycles. The molecule has 172 valence electrons. The number of ether oxygens (including phenoxy) is 2. The first-order valence-corrected chi connectivity index (χ1v) is 9.97. The lowest BCUT2D eigenvalue weighted by Gasteiger charge is -2.33. The molecule has 0 aromatic rings. The molecule has 11 nitrogen and oxygen atoms in total. The van der Waals surface area contributed by atoms with Gasteiger partial charge in [-0.05, 0) is 6.92 Å². The van der Waals surface area contributed by atoms with E-state index in [9.17, 15) is 24.3 Å². The van der Waals surface area contributed by atoms with Crippen molar-refractivity contribution < 1.29 is 33.8 Å². The van der Waals surface area contributed by atoms with Crippen LogP contribution in [0.1, 0.15) is 6.92 Å². The zero-order valence-electron chi connectivity index (χ0n) is 18.2. The molecule has 0 amide bonds. The van der Waals surface area contributed by atoms with Crippen molar-refractivity contribution >= 4 is 23.7 Å². The van der Waals surface area contributed by atoms with Crippen LogP contribution in [0.4, 0.5) is 0 Å². The Labute approximate surface area is 177 Å². The standard InChI is InChI=1S/C19H34N4O7/c1-16(24)12-20-4-6-21(13-17(25)26)7-9-23(15-19(28)30-3)11-10-22(8-5-20)14-18(27)29-2/h4-15H2,1-3H3,(H,25,26). The molecule has 0 radical (unpaired) electrons. The highest BCUT2D eigenvalue weighted by molar-refractivity contribution is 5.77. The first-order chi connectivity index (χ1) is 14.2. The minimum atomic E-state index is -0.927. The monoisotopic (exact) mass is 430 g/mol. The number of carboxylic acid groups (broad SMARTS) is 1. The second-order valence-corrected chi connectivity index (χ2v) is 7.35. The van der Waals surface area contributed by atoms with Gasteiger partial charge >= 0.3 is 17.9 Å². The summed E-state index contributed by atoms with van der Waals surface area (Å²) < 4.78 is 9.54. The van der Waals surface area contributed by atoms with E-state index in [1.54, 1.807) is 4.90 Å². The maximum Gasteiger partial charge on any atom is 0.319 e. The minimum absolute atomic E-state index is 0.0237. The molecular formula is C19H34N4O7. The first kappa shape index (κ1) is 26.0. The zero-order chi connectivity index (χ0) is 22.5. The van der Waals surface area contributed by atoms with Crippen LogP contribution < -0.4 is 0 Å². The number of carbonyl (C=O) groups is 4. The van der Waals surface area contributed by atoms with Gasteiger partial charge in [0.25, 0.3) is 0 Å². The van der Waals surface area contributed by atoms with Crippen molar-refractivity contribution in [2.24, 2.45) is 0 Å². The Morgan fingerprint density at radius 3 is 1.20 bits per heavy atom. The minimum Gasteiger partial charge on any atom is -0.480 e. The van der Waals surface area contributed by atoms with Gasteiger partial charge in [-0.1, -0.05) is 0 Å². The molecule has 1 fully saturated rings. The largest absolute Gasteiger partial charge is 0.480 e. The van der Waals surface area contributed by atoms with Crippen molar-refractivity contribution in [3.63, 3.8) is 0 Å². The van der Waals surface area contributed by atoms with Crippen molar-refractivity contribution in [2.75, 3.05) is 92.8 Å². The average molecular weight is 431 g/mol. The van der Waals surface area contributed by atoms with Crippen LogP contribution in [-0.4, -0.2) is 141 Å². The number of hydrogen-bond donors (Lipinski definition) is 1. The number of hydrogen-bond acceptors (Lipinski definition) is 10. The summed E-state index contributed by atoms with van der Waals surface area (Å²) in [5, 5.41) is 9.21. The Kier molecular flexibility index (Phi) is 12.1. The lowest BCUT2D eigenvalue weighted by Crippen LogP contribution is -2.49. The predicted molar refractivity (Wildman–Crippen MR) is 108 cm³/mol. The van der Waals surface area contributed by atoms with E-state index in [2.05, 4.69) is 0 Å². The summed E-state index contributed by atoms with van der Waals surface area (Å²) in [4.78, 5) is 54.0. The molecule has 30 heavy (non-hydrogen) atoms. The van der Waals surface area contributed by atoms with E-state index in [1.165, 1.54) is 21.1 Å². The molecule has 0 saturated carbocycles. The smallest absolute Gasteiger partial charge is 0.319 e. The first-order valence-electron chi connectivity index (χ1n) is 9.97. The molecule has 1 aliphatic rings. The van der Waals surface area contributed by atoms with Gasteiger partial charge in [-0.15, -0.1) is 0 Å². The fourth-order valence-electron chi connectivity index (χ4n) is 3.21. The fourth-order valence-corrected chi connectivity index (χ4v) is 3.21. The molecule has 0 spiro atoms. The Morgan fingerprint density at radius 1 is 0.633 bits per heavy atom. The van der Waals surface area contributed by atoms with Crippen LogP contribution in [0.25, 0.3) is 0 Å². The third-order valence-electron chi connectivity index (χ3n) is 4.90. The molecule has 0 bridgehead atoms. The van der Waals surface area contributed by atoms with Crippen molar-refractivity contribution in [3.05, 3.63) is 0 Å². The molecule has 0 aromatic carbocycles. The summed E-state index contributed by atoms with van der Waals surface area (Å²) in [7, 11) is 2.66. The van der Waals surface area contributed by atoms with Crippen molar-refractivity contribution in [1.82, 2.24) is 19.6 Å². The molecule has 1 saturated heterocycles. The van der Waals surface area contributed by atoms with Crippen LogP contribution >= 0.6 is 0 Å². The maximum atomic E-state index is 11.8. The number of aliphatic carboxylic acids is 1. The number of methoxy groups -OCH3 is 2. The van der Waals surface area contributed by atoms with E-state index >= 15 is 0 Å². The van der Waals surface area contributed by atoms with Gasteiger partial charge < -0.3 is 14.6 Å². The van der Waals surface area contributed by atoms with Crippen LogP contribution in [0.5, 0.6) is 0 Å². The average Bonchev–Trinajstić information content (AvgIpc) is 2.68. The highest BCUT2D eigenvalue weighted by Crippen LogP contribution is 2.02. The van der Waals surface area contributed by atoms with Gasteiger partial charge in [0.2, 0.25) is 0 Å². The Hall–Kier alpha value is -2.08. The molecule has 0 unspecified atom stereocenters. The van der Waals surface area contributed by atoms with Gasteiger partial charge in [0.15, 0.2) is 0 Å². The zero-order valence-corrected chi connectivity index (χ0v) is 18.2. The fraction of sp³-hybridized carbons (Fsp3) is 0.789. The number of Topliss-reactive ketones (excluding diaryl/α,β-unsaturated/α-hetero) is 1. The molecule has 0 atom stereocenters. The second kappa shape index (κ2) is 14.0. The van der Waals surface area contributed by atoms with Gasteiger partial charge in [0.1, 0.15) is 5.78 Å². The quantitative estimate of drug-likeness (QED) is 0.440. The summed E-state index contributed by atoms with van der Waals surface area (Å²) in [6.45, 7) is 5.88. The molecule has 1 N–H and O–H groups in total. The number of nitrogens with zero attached hydrogens (tertiary/aromatic N) is 4. The normalized spacial score (nSPS) is 18.8. The second-order valence-electron chi connectivity index (χ2n) is 7.35. The third kappa shape index (κ3) is 11.2. The number of carbonyl (C=O) groups excluding carboxylic acids is 3. The summed E-state index contributed by atoms with van der Waals surface area (Å²) in [6, 6.07) is 0. The number of esters is 2. The molecule has 1 rings (SSSR count). The van der Waals surface area contributed by atoms with Crippen molar-refractivity contribution in [1.29, 1.82) is 0 Å². The van der Waals surface area contributed by atoms with Gasteiger partial charge in [-0.2, -0.15) is 0 Å². The van der Waals surface area contributed by atoms with Gasteiger partial charge in [0, 0.05) is 52.4 Å². The topological polar surface area (TPSA) is 120 Å². The van der Waals surface area contributed by atoms with Gasteiger partial charge in [0.05, 0.1) is 40.4 Å². The van der Waals surface area contributed by atoms with Crippen LogP contribution in [0.15, 0.2) is 0 Å². The number of rotatable bonds is 8. The van der Waals surface area contributed by atoms with Crippen molar-refractivity contribution in [3.8, 4) is 0 Å². The van der Waals surface area contributed by atoms with Crippen molar-refractivity contribution in [2.45, 2.75) is 6.92 Å². The van der Waals surface area contributed by atoms with Crippen LogP contribution in [0.3, 0.4) is 0 Å². The van der Waals surface area contributed by atoms with Crippen LogP contribution in [0, 0.1) is 0 Å². The third-order valence-corrected chi connectivity index (χ3v) is 4.90. The predicted octanol–water partition coefficient (Wildman–Crippen LogP) is -1.77. The van der Waals surface area contributed by atoms with E-state index in [0.717, 1.165) is 0 Å². The molecule has 0 aliphatic carbocycles. The Balaban J connectivity index is 2.94. The summed E-state index contributed by atoms with van der Waals surface area (Å²) in [5.74, 6) is -1.63. The van der Waals surface area contributed by atoms with E-state index in [-0.39, 0.29) is 43.9 Å². The lowest BCUT2D eigenvalue weighted by molar-refractivity contribution is -0.144. The van der Waals surface area contributed by atoms with E-state index < -0.39 is 5.97 Å². The lowest BCUT2D eigenvalue weighted by atomic mass is 10.3. The highest BCUT2D eigenvalue weighted by atomic mass is 16.5. The summed E-state index contributed by atoms with van der Waals surface area (Å²) in [5.41, 5.74) is 0. The highest BCUT2D eigenvalue weighted by Gasteiger charge is 2.20. The van der Waals surface area contributed by atoms with E-state index in [4.69, 9.17) is 9.47 Å². The Morgan fingerprint density at radius 2 is 0.933 bits per heavy atom. The molecule has 1 aliphatic heterocycles.